The summed E-state index contributed by atoms with van der Waals surface area (Å²) in [4.78, 5) is 14.5. The van der Waals surface area contributed by atoms with Gasteiger partial charge in [0.05, 0.1) is 17.2 Å². The van der Waals surface area contributed by atoms with E-state index in [1.54, 1.807) is 25.3 Å². The molecule has 0 unspecified atom stereocenters. The molecule has 4 nitrogen and oxygen atoms in total. The summed E-state index contributed by atoms with van der Waals surface area (Å²) < 4.78 is 5.10. The van der Waals surface area contributed by atoms with E-state index in [-0.39, 0.29) is 11.9 Å². The molecule has 0 fully saturated rings. The fraction of sp³-hybridized carbons (Fsp3) is 0.533. The maximum atomic E-state index is 12.7. The third-order valence-corrected chi connectivity index (χ3v) is 3.73. The minimum Gasteiger partial charge on any atom is -0.399 e. The first-order valence-electron chi connectivity index (χ1n) is 6.90. The predicted octanol–water partition coefficient (Wildman–Crippen LogP) is 3.20. The van der Waals surface area contributed by atoms with Gasteiger partial charge < -0.3 is 15.4 Å². The van der Waals surface area contributed by atoms with E-state index < -0.39 is 0 Å². The van der Waals surface area contributed by atoms with Crippen LogP contribution in [-0.2, 0) is 4.74 Å². The highest BCUT2D eigenvalue weighted by Gasteiger charge is 2.23. The predicted molar refractivity (Wildman–Crippen MR) is 83.1 cm³/mol. The molecule has 1 amide bonds. The van der Waals surface area contributed by atoms with E-state index >= 15 is 0 Å². The molecule has 0 radical (unpaired) electrons. The second-order valence-electron chi connectivity index (χ2n) is 4.70. The van der Waals surface area contributed by atoms with Crippen LogP contribution in [0.2, 0.25) is 5.02 Å². The molecule has 1 aromatic carbocycles. The third-order valence-electron chi connectivity index (χ3n) is 3.40. The number of nitrogens with zero attached hydrogens (tertiary/aromatic N) is 1. The Labute approximate surface area is 125 Å². The minimum absolute atomic E-state index is 0.0898. The van der Waals surface area contributed by atoms with Crippen LogP contribution < -0.4 is 5.73 Å². The number of ether oxygens (including phenoxy) is 1. The molecular weight excluding hydrogens is 276 g/mol. The number of anilines is 1. The number of hydrogen-bond donors (Lipinski definition) is 1. The van der Waals surface area contributed by atoms with Gasteiger partial charge in [0.1, 0.15) is 0 Å². The summed E-state index contributed by atoms with van der Waals surface area (Å²) >= 11 is 6.13. The lowest BCUT2D eigenvalue weighted by molar-refractivity contribution is 0.0589. The second-order valence-corrected chi connectivity index (χ2v) is 5.11. The van der Waals surface area contributed by atoms with Crippen LogP contribution in [0.5, 0.6) is 0 Å². The molecule has 0 aliphatic rings. The monoisotopic (exact) mass is 298 g/mol. The molecule has 5 heteroatoms. The van der Waals surface area contributed by atoms with Crippen LogP contribution in [0.3, 0.4) is 0 Å². The van der Waals surface area contributed by atoms with Gasteiger partial charge in [-0.15, -0.1) is 0 Å². The number of amides is 1. The minimum atomic E-state index is -0.0898. The zero-order valence-electron chi connectivity index (χ0n) is 12.4. The number of carbonyl (C=O) groups excluding carboxylic acids is 1. The number of carbonyl (C=O) groups is 1. The number of benzene rings is 1. The SMILES string of the molecule is CCC(CC)N(CCOC)C(=O)c1cc(N)ccc1Cl. The maximum Gasteiger partial charge on any atom is 0.255 e. The standard InChI is InChI=1S/C15H23ClN2O2/c1-4-12(5-2)18(8-9-20-3)15(19)13-10-11(17)6-7-14(13)16/h6-7,10,12H,4-5,8-9,17H2,1-3H3. The van der Waals surface area contributed by atoms with Crippen LogP contribution in [-0.4, -0.2) is 37.1 Å². The summed E-state index contributed by atoms with van der Waals surface area (Å²) in [6.07, 6.45) is 1.79. The van der Waals surface area contributed by atoms with Gasteiger partial charge in [-0.05, 0) is 31.0 Å². The number of hydrogen-bond acceptors (Lipinski definition) is 3. The Kier molecular flexibility index (Phi) is 6.82. The number of halogens is 1. The van der Waals surface area contributed by atoms with Crippen molar-refractivity contribution in [1.29, 1.82) is 0 Å². The molecule has 0 aliphatic carbocycles. The summed E-state index contributed by atoms with van der Waals surface area (Å²) in [5.74, 6) is -0.0898. The van der Waals surface area contributed by atoms with E-state index in [2.05, 4.69) is 13.8 Å². The molecule has 0 bridgehead atoms. The van der Waals surface area contributed by atoms with Crippen LogP contribution in [0.1, 0.15) is 37.0 Å². The molecule has 1 aromatic rings. The van der Waals surface area contributed by atoms with E-state index in [1.165, 1.54) is 0 Å². The summed E-state index contributed by atoms with van der Waals surface area (Å²) in [5, 5.41) is 0.428. The lowest BCUT2D eigenvalue weighted by Crippen LogP contribution is -2.42. The number of nitrogens with two attached hydrogens (primary N) is 1. The van der Waals surface area contributed by atoms with Crippen molar-refractivity contribution in [3.63, 3.8) is 0 Å². The molecule has 0 spiro atoms. The van der Waals surface area contributed by atoms with Crippen molar-refractivity contribution in [2.24, 2.45) is 0 Å². The normalized spacial score (nSPS) is 10.8. The Morgan fingerprint density at radius 2 is 2.05 bits per heavy atom. The van der Waals surface area contributed by atoms with Gasteiger partial charge in [-0.3, -0.25) is 4.79 Å². The van der Waals surface area contributed by atoms with Gasteiger partial charge in [-0.2, -0.15) is 0 Å². The van der Waals surface area contributed by atoms with Gasteiger partial charge >= 0.3 is 0 Å². The lowest BCUT2D eigenvalue weighted by atomic mass is 10.1. The molecule has 0 aromatic heterocycles. The van der Waals surface area contributed by atoms with Crippen molar-refractivity contribution in [3.05, 3.63) is 28.8 Å². The van der Waals surface area contributed by atoms with Crippen molar-refractivity contribution in [2.75, 3.05) is 26.0 Å². The van der Waals surface area contributed by atoms with E-state index in [0.717, 1.165) is 12.8 Å². The molecular formula is C15H23ClN2O2. The molecule has 0 heterocycles. The average Bonchev–Trinajstić information content (AvgIpc) is 2.45. The smallest absolute Gasteiger partial charge is 0.255 e. The van der Waals surface area contributed by atoms with Crippen LogP contribution >= 0.6 is 11.6 Å². The fourth-order valence-corrected chi connectivity index (χ4v) is 2.43. The van der Waals surface area contributed by atoms with Crippen molar-refractivity contribution >= 4 is 23.2 Å². The average molecular weight is 299 g/mol. The lowest BCUT2D eigenvalue weighted by Gasteiger charge is -2.30. The largest absolute Gasteiger partial charge is 0.399 e. The first-order valence-corrected chi connectivity index (χ1v) is 7.27. The summed E-state index contributed by atoms with van der Waals surface area (Å²) in [6, 6.07) is 5.16. The summed E-state index contributed by atoms with van der Waals surface area (Å²) in [7, 11) is 1.63. The van der Waals surface area contributed by atoms with Gasteiger partial charge in [0.2, 0.25) is 0 Å². The Balaban J connectivity index is 3.05. The van der Waals surface area contributed by atoms with Crippen molar-refractivity contribution in [2.45, 2.75) is 32.7 Å². The molecule has 0 aliphatic heterocycles. The topological polar surface area (TPSA) is 55.6 Å². The third kappa shape index (κ3) is 4.12. The molecule has 112 valence electrons. The fourth-order valence-electron chi connectivity index (χ4n) is 2.23. The Morgan fingerprint density at radius 3 is 2.60 bits per heavy atom. The van der Waals surface area contributed by atoms with Crippen LogP contribution in [0.15, 0.2) is 18.2 Å². The summed E-state index contributed by atoms with van der Waals surface area (Å²) in [6.45, 7) is 5.19. The Morgan fingerprint density at radius 1 is 1.40 bits per heavy atom. The van der Waals surface area contributed by atoms with Crippen molar-refractivity contribution in [3.8, 4) is 0 Å². The summed E-state index contributed by atoms with van der Waals surface area (Å²) in [5.41, 5.74) is 6.74. The highest BCUT2D eigenvalue weighted by atomic mass is 35.5. The zero-order chi connectivity index (χ0) is 15.1. The van der Waals surface area contributed by atoms with Crippen LogP contribution in [0.25, 0.3) is 0 Å². The van der Waals surface area contributed by atoms with Crippen molar-refractivity contribution < 1.29 is 9.53 Å². The molecule has 2 N–H and O–H groups in total. The molecule has 0 saturated carbocycles. The molecule has 0 saturated heterocycles. The quantitative estimate of drug-likeness (QED) is 0.787. The van der Waals surface area contributed by atoms with E-state index in [1.807, 2.05) is 4.90 Å². The number of methoxy groups -OCH3 is 1. The van der Waals surface area contributed by atoms with Gasteiger partial charge in [-0.25, -0.2) is 0 Å². The van der Waals surface area contributed by atoms with E-state index in [9.17, 15) is 4.79 Å². The molecule has 1 rings (SSSR count). The van der Waals surface area contributed by atoms with Crippen LogP contribution in [0, 0.1) is 0 Å². The second kappa shape index (κ2) is 8.12. The van der Waals surface area contributed by atoms with Gasteiger partial charge in [0.15, 0.2) is 0 Å². The van der Waals surface area contributed by atoms with Gasteiger partial charge in [0.25, 0.3) is 5.91 Å². The Hall–Kier alpha value is -1.26. The number of nitrogen functional groups attached to an aromatic ring is 1. The number of rotatable bonds is 7. The van der Waals surface area contributed by atoms with E-state index in [4.69, 9.17) is 22.1 Å². The first-order chi connectivity index (χ1) is 9.54. The highest BCUT2D eigenvalue weighted by molar-refractivity contribution is 6.34. The van der Waals surface area contributed by atoms with E-state index in [0.29, 0.717) is 29.4 Å². The van der Waals surface area contributed by atoms with Gasteiger partial charge in [0, 0.05) is 25.4 Å². The maximum absolute atomic E-state index is 12.7. The highest BCUT2D eigenvalue weighted by Crippen LogP contribution is 2.22. The molecule has 20 heavy (non-hydrogen) atoms. The van der Waals surface area contributed by atoms with Gasteiger partial charge in [-0.1, -0.05) is 25.4 Å². The van der Waals surface area contributed by atoms with Crippen LogP contribution in [0.4, 0.5) is 5.69 Å². The Bertz CT molecular complexity index is 447. The molecule has 0 atom stereocenters. The van der Waals surface area contributed by atoms with Crippen molar-refractivity contribution in [1.82, 2.24) is 4.90 Å². The zero-order valence-corrected chi connectivity index (χ0v) is 13.1. The first kappa shape index (κ1) is 16.8.